The van der Waals surface area contributed by atoms with Crippen LogP contribution in [0.2, 0.25) is 0 Å². The number of aromatic nitrogens is 1. The third-order valence-electron chi connectivity index (χ3n) is 4.19. The number of carboxylic acid groups (broad SMARTS) is 1. The Morgan fingerprint density at radius 1 is 1.36 bits per heavy atom. The van der Waals surface area contributed by atoms with Crippen molar-refractivity contribution in [3.8, 4) is 16.3 Å². The third-order valence-corrected chi connectivity index (χ3v) is 5.13. The summed E-state index contributed by atoms with van der Waals surface area (Å²) in [6.45, 7) is 3.37. The van der Waals surface area contributed by atoms with Crippen LogP contribution < -0.4 is 4.74 Å². The summed E-state index contributed by atoms with van der Waals surface area (Å²) < 4.78 is 5.43. The molecule has 25 heavy (non-hydrogen) atoms. The number of hydrogen-bond acceptors (Lipinski definition) is 5. The van der Waals surface area contributed by atoms with Gasteiger partial charge in [0.2, 0.25) is 5.91 Å². The summed E-state index contributed by atoms with van der Waals surface area (Å²) in [4.78, 5) is 29.5. The Labute approximate surface area is 150 Å². The van der Waals surface area contributed by atoms with Crippen LogP contribution in [0.3, 0.4) is 0 Å². The van der Waals surface area contributed by atoms with E-state index >= 15 is 0 Å². The van der Waals surface area contributed by atoms with E-state index in [-0.39, 0.29) is 12.3 Å². The molecule has 1 atom stereocenters. The maximum Gasteiger partial charge on any atom is 0.308 e. The molecular formula is C18H20N2O4S. The van der Waals surface area contributed by atoms with Crippen LogP contribution in [0.5, 0.6) is 5.75 Å². The SMILES string of the molecule is CCOc1ccc(-c2nc(CC(=O)N3CCC(C(=O)O)C3)cs2)cc1. The van der Waals surface area contributed by atoms with Crippen molar-refractivity contribution in [2.45, 2.75) is 19.8 Å². The van der Waals surface area contributed by atoms with Gasteiger partial charge in [-0.2, -0.15) is 0 Å². The van der Waals surface area contributed by atoms with Crippen molar-refractivity contribution in [1.82, 2.24) is 9.88 Å². The number of carbonyl (C=O) groups is 2. The number of thiazole rings is 1. The van der Waals surface area contributed by atoms with Crippen molar-refractivity contribution in [3.05, 3.63) is 35.3 Å². The van der Waals surface area contributed by atoms with Gasteiger partial charge >= 0.3 is 5.97 Å². The van der Waals surface area contributed by atoms with E-state index in [2.05, 4.69) is 4.98 Å². The third kappa shape index (κ3) is 4.17. The number of carbonyl (C=O) groups excluding carboxylic acids is 1. The van der Waals surface area contributed by atoms with E-state index in [0.717, 1.165) is 22.0 Å². The highest BCUT2D eigenvalue weighted by molar-refractivity contribution is 7.13. The Hall–Kier alpha value is -2.41. The highest BCUT2D eigenvalue weighted by Gasteiger charge is 2.30. The van der Waals surface area contributed by atoms with E-state index in [1.165, 1.54) is 11.3 Å². The number of carboxylic acids is 1. The lowest BCUT2D eigenvalue weighted by atomic mass is 10.1. The second kappa shape index (κ2) is 7.65. The summed E-state index contributed by atoms with van der Waals surface area (Å²) in [5, 5.41) is 11.8. The standard InChI is InChI=1S/C18H20N2O4S/c1-2-24-15-5-3-12(4-6-15)17-19-14(11-25-17)9-16(21)20-8-7-13(10-20)18(22)23/h3-6,11,13H,2,7-10H2,1H3,(H,22,23). The van der Waals surface area contributed by atoms with Gasteiger partial charge in [0.15, 0.2) is 0 Å². The van der Waals surface area contributed by atoms with Crippen molar-refractivity contribution in [2.75, 3.05) is 19.7 Å². The highest BCUT2D eigenvalue weighted by Crippen LogP contribution is 2.26. The van der Waals surface area contributed by atoms with Gasteiger partial charge in [0, 0.05) is 24.0 Å². The smallest absolute Gasteiger partial charge is 0.308 e. The van der Waals surface area contributed by atoms with E-state index in [0.29, 0.717) is 26.1 Å². The lowest BCUT2D eigenvalue weighted by Crippen LogP contribution is -2.31. The normalized spacial score (nSPS) is 16.8. The lowest BCUT2D eigenvalue weighted by molar-refractivity contribution is -0.141. The molecule has 1 N–H and O–H groups in total. The minimum Gasteiger partial charge on any atom is -0.494 e. The van der Waals surface area contributed by atoms with Gasteiger partial charge in [-0.15, -0.1) is 11.3 Å². The lowest BCUT2D eigenvalue weighted by Gasteiger charge is -2.14. The first-order chi connectivity index (χ1) is 12.1. The van der Waals surface area contributed by atoms with E-state index in [4.69, 9.17) is 9.84 Å². The van der Waals surface area contributed by atoms with E-state index < -0.39 is 11.9 Å². The fraction of sp³-hybridized carbons (Fsp3) is 0.389. The number of benzene rings is 1. The molecule has 1 unspecified atom stereocenters. The van der Waals surface area contributed by atoms with E-state index in [1.807, 2.05) is 36.6 Å². The average molecular weight is 360 g/mol. The summed E-state index contributed by atoms with van der Waals surface area (Å²) >= 11 is 1.50. The molecule has 132 valence electrons. The van der Waals surface area contributed by atoms with Crippen LogP contribution >= 0.6 is 11.3 Å². The number of amides is 1. The van der Waals surface area contributed by atoms with Crippen LogP contribution in [-0.2, 0) is 16.0 Å². The fourth-order valence-electron chi connectivity index (χ4n) is 2.84. The predicted octanol–water partition coefficient (Wildman–Crippen LogP) is 2.68. The molecule has 1 amide bonds. The molecule has 0 aliphatic carbocycles. The molecule has 6 nitrogen and oxygen atoms in total. The van der Waals surface area contributed by atoms with Gasteiger partial charge < -0.3 is 14.7 Å². The average Bonchev–Trinajstić information content (AvgIpc) is 3.25. The monoisotopic (exact) mass is 360 g/mol. The first-order valence-electron chi connectivity index (χ1n) is 8.25. The Balaban J connectivity index is 1.61. The number of rotatable bonds is 6. The van der Waals surface area contributed by atoms with Crippen molar-refractivity contribution >= 4 is 23.2 Å². The van der Waals surface area contributed by atoms with Crippen molar-refractivity contribution in [2.24, 2.45) is 5.92 Å². The quantitative estimate of drug-likeness (QED) is 0.857. The van der Waals surface area contributed by atoms with Crippen molar-refractivity contribution in [3.63, 3.8) is 0 Å². The summed E-state index contributed by atoms with van der Waals surface area (Å²) in [6, 6.07) is 7.71. The number of likely N-dealkylation sites (tertiary alicyclic amines) is 1. The van der Waals surface area contributed by atoms with Crippen LogP contribution in [0.1, 0.15) is 19.0 Å². The molecule has 1 aliphatic rings. The molecule has 1 aliphatic heterocycles. The Kier molecular flexibility index (Phi) is 5.33. The largest absolute Gasteiger partial charge is 0.494 e. The molecule has 0 radical (unpaired) electrons. The van der Waals surface area contributed by atoms with Gasteiger partial charge in [-0.25, -0.2) is 4.98 Å². The molecule has 2 aromatic rings. The van der Waals surface area contributed by atoms with Gasteiger partial charge in [-0.1, -0.05) is 0 Å². The number of aliphatic carboxylic acids is 1. The van der Waals surface area contributed by atoms with Crippen LogP contribution in [0.4, 0.5) is 0 Å². The van der Waals surface area contributed by atoms with Crippen LogP contribution in [0.15, 0.2) is 29.6 Å². The zero-order chi connectivity index (χ0) is 17.8. The molecule has 3 rings (SSSR count). The fourth-order valence-corrected chi connectivity index (χ4v) is 3.66. The number of nitrogens with zero attached hydrogens (tertiary/aromatic N) is 2. The van der Waals surface area contributed by atoms with Gasteiger partial charge in [0.1, 0.15) is 10.8 Å². The van der Waals surface area contributed by atoms with E-state index in [1.54, 1.807) is 4.90 Å². The molecule has 0 saturated carbocycles. The minimum absolute atomic E-state index is 0.0627. The Morgan fingerprint density at radius 3 is 2.76 bits per heavy atom. The topological polar surface area (TPSA) is 79.7 Å². The van der Waals surface area contributed by atoms with Crippen molar-refractivity contribution in [1.29, 1.82) is 0 Å². The zero-order valence-electron chi connectivity index (χ0n) is 14.0. The summed E-state index contributed by atoms with van der Waals surface area (Å²) in [6.07, 6.45) is 0.732. The summed E-state index contributed by atoms with van der Waals surface area (Å²) in [7, 11) is 0. The van der Waals surface area contributed by atoms with Gasteiger partial charge in [0.25, 0.3) is 0 Å². The zero-order valence-corrected chi connectivity index (χ0v) is 14.8. The van der Waals surface area contributed by atoms with Crippen molar-refractivity contribution < 1.29 is 19.4 Å². The number of hydrogen-bond donors (Lipinski definition) is 1. The summed E-state index contributed by atoms with van der Waals surface area (Å²) in [5.74, 6) is -0.520. The second-order valence-electron chi connectivity index (χ2n) is 5.94. The first kappa shape index (κ1) is 17.4. The van der Waals surface area contributed by atoms with Crippen LogP contribution in [0, 0.1) is 5.92 Å². The van der Waals surface area contributed by atoms with Crippen LogP contribution in [0.25, 0.3) is 10.6 Å². The molecule has 2 heterocycles. The van der Waals surface area contributed by atoms with Gasteiger partial charge in [-0.05, 0) is 37.6 Å². The highest BCUT2D eigenvalue weighted by atomic mass is 32.1. The van der Waals surface area contributed by atoms with Gasteiger partial charge in [0.05, 0.1) is 24.6 Å². The van der Waals surface area contributed by atoms with E-state index in [9.17, 15) is 9.59 Å². The van der Waals surface area contributed by atoms with Gasteiger partial charge in [-0.3, -0.25) is 9.59 Å². The molecule has 1 fully saturated rings. The molecule has 1 saturated heterocycles. The first-order valence-corrected chi connectivity index (χ1v) is 9.13. The molecule has 1 aromatic carbocycles. The van der Waals surface area contributed by atoms with Crippen LogP contribution in [-0.4, -0.2) is 46.6 Å². The maximum atomic E-state index is 12.3. The second-order valence-corrected chi connectivity index (χ2v) is 6.80. The molecule has 0 bridgehead atoms. The minimum atomic E-state index is -0.832. The molecule has 7 heteroatoms. The maximum absolute atomic E-state index is 12.3. The summed E-state index contributed by atoms with van der Waals surface area (Å²) in [5.41, 5.74) is 1.71. The Morgan fingerprint density at radius 2 is 2.12 bits per heavy atom. The molecular weight excluding hydrogens is 340 g/mol. The number of ether oxygens (including phenoxy) is 1. The predicted molar refractivity (Wildman–Crippen MR) is 94.7 cm³/mol. The molecule has 0 spiro atoms. The molecule has 1 aromatic heterocycles. The Bertz CT molecular complexity index is 757.